The fourth-order valence-electron chi connectivity index (χ4n) is 3.13. The summed E-state index contributed by atoms with van der Waals surface area (Å²) in [6.45, 7) is 4.40. The Morgan fingerprint density at radius 3 is 3.00 bits per heavy atom. The predicted octanol–water partition coefficient (Wildman–Crippen LogP) is 1.74. The van der Waals surface area contributed by atoms with E-state index in [1.807, 2.05) is 19.1 Å². The third-order valence-corrected chi connectivity index (χ3v) is 4.33. The van der Waals surface area contributed by atoms with Crippen molar-refractivity contribution in [3.05, 3.63) is 46.0 Å². The van der Waals surface area contributed by atoms with Gasteiger partial charge in [-0.15, -0.1) is 12.4 Å². The minimum atomic E-state index is -0.0139. The van der Waals surface area contributed by atoms with Gasteiger partial charge in [-0.2, -0.15) is 0 Å². The van der Waals surface area contributed by atoms with Crippen LogP contribution < -0.4 is 11.3 Å². The Labute approximate surface area is 136 Å². The molecule has 1 aliphatic rings. The molecule has 1 saturated heterocycles. The van der Waals surface area contributed by atoms with E-state index in [1.165, 1.54) is 12.8 Å². The lowest BCUT2D eigenvalue weighted by molar-refractivity contribution is 0.143. The topological polar surface area (TPSA) is 63.6 Å². The van der Waals surface area contributed by atoms with Crippen LogP contribution in [0.3, 0.4) is 0 Å². The van der Waals surface area contributed by atoms with Gasteiger partial charge in [-0.1, -0.05) is 12.5 Å². The molecule has 5 nitrogen and oxygen atoms in total. The normalized spacial score (nSPS) is 19.1. The van der Waals surface area contributed by atoms with Crippen molar-refractivity contribution in [1.29, 1.82) is 0 Å². The molecule has 1 aliphatic heterocycles. The summed E-state index contributed by atoms with van der Waals surface area (Å²) in [4.78, 5) is 19.3. The lowest BCUT2D eigenvalue weighted by Crippen LogP contribution is -2.43. The van der Waals surface area contributed by atoms with Crippen molar-refractivity contribution in [1.82, 2.24) is 14.3 Å². The van der Waals surface area contributed by atoms with Crippen LogP contribution in [0.1, 0.15) is 30.5 Å². The highest BCUT2D eigenvalue weighted by Gasteiger charge is 2.21. The average Bonchev–Trinajstić information content (AvgIpc) is 2.49. The summed E-state index contributed by atoms with van der Waals surface area (Å²) >= 11 is 0. The zero-order valence-corrected chi connectivity index (χ0v) is 13.7. The molecule has 2 aromatic rings. The molecule has 120 valence electrons. The van der Waals surface area contributed by atoms with E-state index in [4.69, 9.17) is 5.73 Å². The molecule has 1 unspecified atom stereocenters. The van der Waals surface area contributed by atoms with Gasteiger partial charge >= 0.3 is 0 Å². The number of aryl methyl sites for hydroxylation is 1. The number of fused-ring (bicyclic) bond motifs is 1. The zero-order valence-electron chi connectivity index (χ0n) is 12.9. The lowest BCUT2D eigenvalue weighted by atomic mass is 10.0. The van der Waals surface area contributed by atoms with Crippen molar-refractivity contribution in [2.45, 2.75) is 38.8 Å². The van der Waals surface area contributed by atoms with Gasteiger partial charge in [-0.05, 0) is 37.9 Å². The smallest absolute Gasteiger partial charge is 0.258 e. The summed E-state index contributed by atoms with van der Waals surface area (Å²) in [6, 6.07) is 5.92. The molecule has 22 heavy (non-hydrogen) atoms. The van der Waals surface area contributed by atoms with Crippen LogP contribution in [0.15, 0.2) is 29.2 Å². The van der Waals surface area contributed by atoms with Gasteiger partial charge in [0, 0.05) is 31.4 Å². The molecule has 1 atom stereocenters. The first-order chi connectivity index (χ1) is 10.2. The maximum Gasteiger partial charge on any atom is 0.258 e. The lowest BCUT2D eigenvalue weighted by Gasteiger charge is -2.34. The first kappa shape index (κ1) is 16.9. The Kier molecular flexibility index (Phi) is 5.56. The van der Waals surface area contributed by atoms with E-state index < -0.39 is 0 Å². The fraction of sp³-hybridized carbons (Fsp3) is 0.500. The summed E-state index contributed by atoms with van der Waals surface area (Å²) in [5.41, 5.74) is 8.46. The first-order valence-corrected chi connectivity index (χ1v) is 7.61. The third-order valence-electron chi connectivity index (χ3n) is 4.33. The number of aromatic nitrogens is 2. The largest absolute Gasteiger partial charge is 0.329 e. The molecule has 0 amide bonds. The summed E-state index contributed by atoms with van der Waals surface area (Å²) in [5.74, 6) is 0. The molecule has 0 aliphatic carbocycles. The van der Waals surface area contributed by atoms with Crippen molar-refractivity contribution >= 4 is 18.1 Å². The monoisotopic (exact) mass is 322 g/mol. The third kappa shape index (κ3) is 3.32. The van der Waals surface area contributed by atoms with Crippen LogP contribution >= 0.6 is 12.4 Å². The number of rotatable bonds is 3. The number of hydrogen-bond acceptors (Lipinski definition) is 4. The van der Waals surface area contributed by atoms with Gasteiger partial charge in [-0.3, -0.25) is 14.1 Å². The van der Waals surface area contributed by atoms with Crippen LogP contribution in [-0.4, -0.2) is 33.4 Å². The van der Waals surface area contributed by atoms with E-state index in [1.54, 1.807) is 16.7 Å². The van der Waals surface area contributed by atoms with Gasteiger partial charge in [0.1, 0.15) is 5.65 Å². The molecular formula is C16H23ClN4O. The molecule has 0 saturated carbocycles. The van der Waals surface area contributed by atoms with Crippen molar-refractivity contribution in [2.75, 3.05) is 13.1 Å². The molecule has 1 fully saturated rings. The van der Waals surface area contributed by atoms with E-state index >= 15 is 0 Å². The molecule has 0 bridgehead atoms. The molecule has 0 spiro atoms. The SMILES string of the molecule is Cc1cccn2c(=O)cc(CN3CCCCC3CN)nc12.Cl. The number of nitrogens with two attached hydrogens (primary N) is 1. The quantitative estimate of drug-likeness (QED) is 0.935. The van der Waals surface area contributed by atoms with E-state index in [2.05, 4.69) is 9.88 Å². The maximum absolute atomic E-state index is 12.2. The Morgan fingerprint density at radius 1 is 1.41 bits per heavy atom. The first-order valence-electron chi connectivity index (χ1n) is 7.61. The van der Waals surface area contributed by atoms with E-state index in [0.717, 1.165) is 29.9 Å². The Balaban J connectivity index is 0.00000176. The van der Waals surface area contributed by atoms with Crippen LogP contribution in [0.25, 0.3) is 5.65 Å². The highest BCUT2D eigenvalue weighted by molar-refractivity contribution is 5.85. The maximum atomic E-state index is 12.2. The molecule has 3 heterocycles. The number of hydrogen-bond donors (Lipinski definition) is 1. The second kappa shape index (κ2) is 7.22. The Hall–Kier alpha value is -1.43. The number of nitrogens with zero attached hydrogens (tertiary/aromatic N) is 3. The number of likely N-dealkylation sites (tertiary alicyclic amines) is 1. The Bertz CT molecular complexity index is 700. The van der Waals surface area contributed by atoms with Gasteiger partial charge in [0.05, 0.1) is 5.69 Å². The summed E-state index contributed by atoms with van der Waals surface area (Å²) in [5, 5.41) is 0. The molecule has 2 N–H and O–H groups in total. The standard InChI is InChI=1S/C16H22N4O.ClH/c1-12-5-4-8-20-15(21)9-13(18-16(12)20)11-19-7-3-2-6-14(19)10-17;/h4-5,8-9,14H,2-3,6-7,10-11,17H2,1H3;1H. The summed E-state index contributed by atoms with van der Waals surface area (Å²) in [7, 11) is 0. The van der Waals surface area contributed by atoms with E-state index in [9.17, 15) is 4.79 Å². The molecule has 2 aromatic heterocycles. The number of halogens is 1. The van der Waals surface area contributed by atoms with Crippen molar-refractivity contribution in [2.24, 2.45) is 5.73 Å². The van der Waals surface area contributed by atoms with Crippen molar-refractivity contribution in [3.8, 4) is 0 Å². The van der Waals surface area contributed by atoms with Gasteiger partial charge in [0.15, 0.2) is 0 Å². The van der Waals surface area contributed by atoms with Crippen LogP contribution in [0, 0.1) is 6.92 Å². The van der Waals surface area contributed by atoms with Crippen LogP contribution in [0.5, 0.6) is 0 Å². The van der Waals surface area contributed by atoms with Gasteiger partial charge in [-0.25, -0.2) is 4.98 Å². The minimum absolute atomic E-state index is 0. The zero-order chi connectivity index (χ0) is 14.8. The van der Waals surface area contributed by atoms with Crippen LogP contribution in [-0.2, 0) is 6.54 Å². The highest BCUT2D eigenvalue weighted by Crippen LogP contribution is 2.18. The van der Waals surface area contributed by atoms with Crippen LogP contribution in [0.2, 0.25) is 0 Å². The molecule has 0 radical (unpaired) electrons. The van der Waals surface area contributed by atoms with Crippen molar-refractivity contribution in [3.63, 3.8) is 0 Å². The molecular weight excluding hydrogens is 300 g/mol. The second-order valence-corrected chi connectivity index (χ2v) is 5.83. The Morgan fingerprint density at radius 2 is 2.23 bits per heavy atom. The van der Waals surface area contributed by atoms with E-state index in [0.29, 0.717) is 19.1 Å². The van der Waals surface area contributed by atoms with E-state index in [-0.39, 0.29) is 18.0 Å². The fourth-order valence-corrected chi connectivity index (χ4v) is 3.13. The van der Waals surface area contributed by atoms with Crippen molar-refractivity contribution < 1.29 is 0 Å². The molecule has 3 rings (SSSR count). The molecule has 6 heteroatoms. The van der Waals surface area contributed by atoms with Crippen LogP contribution in [0.4, 0.5) is 0 Å². The van der Waals surface area contributed by atoms with Gasteiger partial charge in [0.2, 0.25) is 0 Å². The molecule has 0 aromatic carbocycles. The van der Waals surface area contributed by atoms with Gasteiger partial charge < -0.3 is 5.73 Å². The number of piperidine rings is 1. The average molecular weight is 323 g/mol. The number of pyridine rings is 1. The summed E-state index contributed by atoms with van der Waals surface area (Å²) in [6.07, 6.45) is 5.35. The van der Waals surface area contributed by atoms with Gasteiger partial charge in [0.25, 0.3) is 5.56 Å². The second-order valence-electron chi connectivity index (χ2n) is 5.83. The summed E-state index contributed by atoms with van der Waals surface area (Å²) < 4.78 is 1.61. The minimum Gasteiger partial charge on any atom is -0.329 e. The predicted molar refractivity (Wildman–Crippen MR) is 90.6 cm³/mol. The highest BCUT2D eigenvalue weighted by atomic mass is 35.5.